The van der Waals surface area contributed by atoms with Crippen LogP contribution in [0.4, 0.5) is 5.13 Å². The standard InChI is InChI=1S/C21H22ClN3OS2/c1-14-3-5-16(6-4-14)27-13-19(26)24-9-11-25(12-10-24)21-23-20-15(2)17(22)7-8-18(20)28-21/h3-8H,9-13H2,1-2H3. The Morgan fingerprint density at radius 3 is 2.54 bits per heavy atom. The summed E-state index contributed by atoms with van der Waals surface area (Å²) in [6.45, 7) is 7.18. The zero-order chi connectivity index (χ0) is 19.7. The van der Waals surface area contributed by atoms with Gasteiger partial charge in [0.1, 0.15) is 0 Å². The van der Waals surface area contributed by atoms with Crippen molar-refractivity contribution in [3.63, 3.8) is 0 Å². The number of amides is 1. The summed E-state index contributed by atoms with van der Waals surface area (Å²) < 4.78 is 1.16. The maximum absolute atomic E-state index is 12.6. The van der Waals surface area contributed by atoms with E-state index in [0.29, 0.717) is 5.75 Å². The summed E-state index contributed by atoms with van der Waals surface area (Å²) in [5, 5.41) is 1.77. The highest BCUT2D eigenvalue weighted by molar-refractivity contribution is 8.00. The first-order valence-electron chi connectivity index (χ1n) is 9.29. The summed E-state index contributed by atoms with van der Waals surface area (Å²) >= 11 is 9.52. The molecule has 0 aliphatic carbocycles. The summed E-state index contributed by atoms with van der Waals surface area (Å²) in [7, 11) is 0. The van der Waals surface area contributed by atoms with E-state index in [9.17, 15) is 4.79 Å². The van der Waals surface area contributed by atoms with Gasteiger partial charge in [-0.2, -0.15) is 0 Å². The molecule has 1 aliphatic heterocycles. The first-order valence-corrected chi connectivity index (χ1v) is 11.5. The van der Waals surface area contributed by atoms with Gasteiger partial charge in [-0.05, 0) is 43.7 Å². The van der Waals surface area contributed by atoms with Crippen molar-refractivity contribution >= 4 is 56.0 Å². The lowest BCUT2D eigenvalue weighted by atomic mass is 10.2. The van der Waals surface area contributed by atoms with Crippen LogP contribution in [0, 0.1) is 13.8 Å². The molecule has 0 N–H and O–H groups in total. The van der Waals surface area contributed by atoms with Crippen LogP contribution >= 0.6 is 34.7 Å². The molecule has 1 aromatic heterocycles. The van der Waals surface area contributed by atoms with E-state index >= 15 is 0 Å². The second-order valence-corrected chi connectivity index (χ2v) is 9.45. The summed E-state index contributed by atoms with van der Waals surface area (Å²) in [6, 6.07) is 12.3. The van der Waals surface area contributed by atoms with Gasteiger partial charge < -0.3 is 9.80 Å². The summed E-state index contributed by atoms with van der Waals surface area (Å²) in [5.74, 6) is 0.694. The molecule has 0 spiro atoms. The minimum atomic E-state index is 0.206. The quantitative estimate of drug-likeness (QED) is 0.544. The van der Waals surface area contributed by atoms with E-state index in [-0.39, 0.29) is 5.91 Å². The molecule has 1 fully saturated rings. The third kappa shape index (κ3) is 4.14. The van der Waals surface area contributed by atoms with Gasteiger partial charge in [-0.25, -0.2) is 4.98 Å². The third-order valence-electron chi connectivity index (χ3n) is 5.02. The molecule has 3 aromatic rings. The zero-order valence-corrected chi connectivity index (χ0v) is 18.3. The van der Waals surface area contributed by atoms with Crippen molar-refractivity contribution in [2.45, 2.75) is 18.7 Å². The Balaban J connectivity index is 1.34. The fourth-order valence-corrected chi connectivity index (χ4v) is 5.27. The molecule has 1 amide bonds. The number of carbonyl (C=O) groups excluding carboxylic acids is 1. The molecule has 0 radical (unpaired) electrons. The zero-order valence-electron chi connectivity index (χ0n) is 15.9. The second-order valence-electron chi connectivity index (χ2n) is 6.99. The number of piperazine rings is 1. The Bertz CT molecular complexity index is 995. The number of hydrogen-bond acceptors (Lipinski definition) is 5. The average molecular weight is 432 g/mol. The van der Waals surface area contributed by atoms with E-state index in [2.05, 4.69) is 36.1 Å². The Morgan fingerprint density at radius 1 is 1.11 bits per heavy atom. The van der Waals surface area contributed by atoms with Crippen LogP contribution in [0.25, 0.3) is 10.2 Å². The number of thioether (sulfide) groups is 1. The number of anilines is 1. The van der Waals surface area contributed by atoms with Crippen LogP contribution in [0.5, 0.6) is 0 Å². The number of fused-ring (bicyclic) bond motifs is 1. The molecule has 0 bridgehead atoms. The Hall–Kier alpha value is -1.76. The molecule has 146 valence electrons. The van der Waals surface area contributed by atoms with Crippen molar-refractivity contribution in [2.75, 3.05) is 36.8 Å². The highest BCUT2D eigenvalue weighted by Gasteiger charge is 2.23. The molecular weight excluding hydrogens is 410 g/mol. The Morgan fingerprint density at radius 2 is 1.82 bits per heavy atom. The number of hydrogen-bond donors (Lipinski definition) is 0. The lowest BCUT2D eigenvalue weighted by molar-refractivity contribution is -0.128. The number of rotatable bonds is 4. The molecule has 7 heteroatoms. The molecule has 4 nitrogen and oxygen atoms in total. The van der Waals surface area contributed by atoms with Crippen molar-refractivity contribution in [1.29, 1.82) is 0 Å². The van der Waals surface area contributed by atoms with Gasteiger partial charge >= 0.3 is 0 Å². The van der Waals surface area contributed by atoms with Crippen molar-refractivity contribution in [3.05, 3.63) is 52.5 Å². The highest BCUT2D eigenvalue weighted by atomic mass is 35.5. The van der Waals surface area contributed by atoms with Gasteiger partial charge in [0.25, 0.3) is 0 Å². The van der Waals surface area contributed by atoms with Gasteiger partial charge in [0.2, 0.25) is 5.91 Å². The lowest BCUT2D eigenvalue weighted by Gasteiger charge is -2.34. The largest absolute Gasteiger partial charge is 0.345 e. The van der Waals surface area contributed by atoms with Gasteiger partial charge in [-0.15, -0.1) is 11.8 Å². The monoisotopic (exact) mass is 431 g/mol. The topological polar surface area (TPSA) is 36.4 Å². The van der Waals surface area contributed by atoms with Crippen LogP contribution in [0.3, 0.4) is 0 Å². The van der Waals surface area contributed by atoms with Gasteiger partial charge in [-0.3, -0.25) is 4.79 Å². The molecule has 0 saturated carbocycles. The predicted octanol–water partition coefficient (Wildman–Crippen LogP) is 5.01. The highest BCUT2D eigenvalue weighted by Crippen LogP contribution is 2.33. The normalized spacial score (nSPS) is 14.7. The fourth-order valence-electron chi connectivity index (χ4n) is 3.24. The van der Waals surface area contributed by atoms with Crippen LogP contribution in [-0.2, 0) is 4.79 Å². The van der Waals surface area contributed by atoms with Crippen LogP contribution in [0.2, 0.25) is 5.02 Å². The molecular formula is C21H22ClN3OS2. The number of aryl methyl sites for hydroxylation is 2. The summed E-state index contributed by atoms with van der Waals surface area (Å²) in [5.41, 5.74) is 3.25. The van der Waals surface area contributed by atoms with E-state index < -0.39 is 0 Å². The van der Waals surface area contributed by atoms with E-state index in [1.54, 1.807) is 23.1 Å². The fraction of sp³-hybridized carbons (Fsp3) is 0.333. The molecule has 2 heterocycles. The lowest BCUT2D eigenvalue weighted by Crippen LogP contribution is -2.49. The van der Waals surface area contributed by atoms with Crippen LogP contribution in [0.1, 0.15) is 11.1 Å². The second kappa shape index (κ2) is 8.31. The number of benzene rings is 2. The molecule has 1 saturated heterocycles. The van der Waals surface area contributed by atoms with E-state index in [1.165, 1.54) is 5.56 Å². The smallest absolute Gasteiger partial charge is 0.233 e. The van der Waals surface area contributed by atoms with Gasteiger partial charge in [0.15, 0.2) is 5.13 Å². The van der Waals surface area contributed by atoms with E-state index in [4.69, 9.17) is 16.6 Å². The SMILES string of the molecule is Cc1ccc(SCC(=O)N2CCN(c3nc4c(C)c(Cl)ccc4s3)CC2)cc1. The maximum Gasteiger partial charge on any atom is 0.233 e. The Labute approximate surface area is 178 Å². The summed E-state index contributed by atoms with van der Waals surface area (Å²) in [6.07, 6.45) is 0. The number of aromatic nitrogens is 1. The van der Waals surface area contributed by atoms with Gasteiger partial charge in [0.05, 0.1) is 16.0 Å². The van der Waals surface area contributed by atoms with Crippen molar-refractivity contribution < 1.29 is 4.79 Å². The van der Waals surface area contributed by atoms with Crippen molar-refractivity contribution in [3.8, 4) is 0 Å². The third-order valence-corrected chi connectivity index (χ3v) is 7.51. The number of carbonyl (C=O) groups is 1. The number of thiazole rings is 1. The maximum atomic E-state index is 12.6. The summed E-state index contributed by atoms with van der Waals surface area (Å²) in [4.78, 5) is 22.7. The van der Waals surface area contributed by atoms with E-state index in [1.807, 2.05) is 24.0 Å². The first-order chi connectivity index (χ1) is 13.5. The molecule has 28 heavy (non-hydrogen) atoms. The van der Waals surface area contributed by atoms with Gasteiger partial charge in [0, 0.05) is 36.1 Å². The van der Waals surface area contributed by atoms with Crippen molar-refractivity contribution in [2.24, 2.45) is 0 Å². The number of halogens is 1. The average Bonchev–Trinajstić information content (AvgIpc) is 3.15. The van der Waals surface area contributed by atoms with Crippen LogP contribution in [-0.4, -0.2) is 47.7 Å². The van der Waals surface area contributed by atoms with Crippen molar-refractivity contribution in [1.82, 2.24) is 9.88 Å². The molecule has 0 atom stereocenters. The molecule has 0 unspecified atom stereocenters. The molecule has 4 rings (SSSR count). The Kier molecular flexibility index (Phi) is 5.80. The molecule has 1 aliphatic rings. The molecule has 2 aromatic carbocycles. The van der Waals surface area contributed by atoms with E-state index in [0.717, 1.165) is 57.0 Å². The van der Waals surface area contributed by atoms with Crippen LogP contribution < -0.4 is 4.90 Å². The number of nitrogens with zero attached hydrogens (tertiary/aromatic N) is 3. The first kappa shape index (κ1) is 19.6. The van der Waals surface area contributed by atoms with Crippen LogP contribution in [0.15, 0.2) is 41.3 Å². The minimum Gasteiger partial charge on any atom is -0.345 e. The predicted molar refractivity (Wildman–Crippen MR) is 120 cm³/mol. The van der Waals surface area contributed by atoms with Gasteiger partial charge in [-0.1, -0.05) is 40.6 Å². The minimum absolute atomic E-state index is 0.206.